The molecule has 0 atom stereocenters. The molecule has 0 aliphatic carbocycles. The van der Waals surface area contributed by atoms with Crippen molar-refractivity contribution in [2.45, 2.75) is 70.3 Å². The molecule has 0 aromatic carbocycles. The van der Waals surface area contributed by atoms with E-state index in [-0.39, 0.29) is 0 Å². The van der Waals surface area contributed by atoms with Gasteiger partial charge in [-0.15, -0.1) is 0 Å². The molecule has 0 saturated carbocycles. The minimum absolute atomic E-state index is 0.931. The van der Waals surface area contributed by atoms with Crippen molar-refractivity contribution in [1.29, 1.82) is 0 Å². The van der Waals surface area contributed by atoms with E-state index in [9.17, 15) is 0 Å². The Morgan fingerprint density at radius 3 is 1.37 bits per heavy atom. The van der Waals surface area contributed by atoms with Crippen molar-refractivity contribution in [1.82, 2.24) is 0 Å². The fraction of sp³-hybridized carbons (Fsp3) is 0.933. The molecular formula is C15H33O3Si. The number of hydrogen-bond acceptors (Lipinski definition) is 3. The van der Waals surface area contributed by atoms with Crippen molar-refractivity contribution < 1.29 is 13.3 Å². The lowest BCUT2D eigenvalue weighted by atomic mass is 10.1. The minimum atomic E-state index is -2.31. The van der Waals surface area contributed by atoms with Crippen LogP contribution in [0.4, 0.5) is 0 Å². The lowest BCUT2D eigenvalue weighted by Gasteiger charge is -2.24. The van der Waals surface area contributed by atoms with Crippen molar-refractivity contribution in [3.8, 4) is 0 Å². The van der Waals surface area contributed by atoms with Gasteiger partial charge in [-0.05, 0) is 6.42 Å². The molecule has 115 valence electrons. The zero-order valence-electron chi connectivity index (χ0n) is 13.2. The largest absolute Gasteiger partial charge is 0.500 e. The van der Waals surface area contributed by atoms with Crippen molar-refractivity contribution in [2.24, 2.45) is 0 Å². The van der Waals surface area contributed by atoms with Crippen molar-refractivity contribution >= 4 is 8.80 Å². The summed E-state index contributed by atoms with van der Waals surface area (Å²) < 4.78 is 16.2. The van der Waals surface area contributed by atoms with Gasteiger partial charge in [0, 0.05) is 27.4 Å². The first-order chi connectivity index (χ1) is 9.24. The average molecular weight is 290 g/mol. The molecular weight excluding hydrogens is 256 g/mol. The first-order valence-corrected chi connectivity index (χ1v) is 9.62. The summed E-state index contributed by atoms with van der Waals surface area (Å²) in [5.41, 5.74) is 0. The van der Waals surface area contributed by atoms with Gasteiger partial charge in [-0.1, -0.05) is 64.7 Å². The van der Waals surface area contributed by atoms with Gasteiger partial charge in [-0.3, -0.25) is 0 Å². The third kappa shape index (κ3) is 9.60. The normalized spacial score (nSPS) is 12.0. The molecule has 0 aliphatic rings. The van der Waals surface area contributed by atoms with E-state index in [1.165, 1.54) is 51.4 Å². The molecule has 3 nitrogen and oxygen atoms in total. The Morgan fingerprint density at radius 2 is 1.00 bits per heavy atom. The van der Waals surface area contributed by atoms with E-state index in [1.807, 2.05) is 0 Å². The van der Waals surface area contributed by atoms with Crippen LogP contribution in [-0.2, 0) is 13.3 Å². The summed E-state index contributed by atoms with van der Waals surface area (Å²) in [6, 6.07) is 0.931. The highest BCUT2D eigenvalue weighted by Crippen LogP contribution is 2.18. The van der Waals surface area contributed by atoms with Gasteiger partial charge in [0.15, 0.2) is 0 Å². The molecule has 0 unspecified atom stereocenters. The molecule has 0 fully saturated rings. The van der Waals surface area contributed by atoms with E-state index in [2.05, 4.69) is 6.92 Å². The standard InChI is InChI=1S/C15H33O3Si/c1-5-6-7-8-9-10-11-12-13-14-15-19(16-2,17-3)18-4/h1,5-15H2,2-4H3. The summed E-state index contributed by atoms with van der Waals surface area (Å²) in [6.45, 7) is 3.87. The summed E-state index contributed by atoms with van der Waals surface area (Å²) in [7, 11) is 2.74. The van der Waals surface area contributed by atoms with E-state index < -0.39 is 8.80 Å². The molecule has 0 aliphatic heterocycles. The number of unbranched alkanes of at least 4 members (excludes halogenated alkanes) is 9. The predicted octanol–water partition coefficient (Wildman–Crippen LogP) is 4.60. The minimum Gasteiger partial charge on any atom is -0.377 e. The molecule has 0 heterocycles. The molecule has 0 spiro atoms. The van der Waals surface area contributed by atoms with Crippen molar-refractivity contribution in [3.63, 3.8) is 0 Å². The second-order valence-electron chi connectivity index (χ2n) is 5.08. The summed E-state index contributed by atoms with van der Waals surface area (Å²) in [5, 5.41) is 0. The monoisotopic (exact) mass is 289 g/mol. The van der Waals surface area contributed by atoms with Gasteiger partial charge in [0.25, 0.3) is 0 Å². The Bertz CT molecular complexity index is 176. The molecule has 0 aromatic rings. The molecule has 0 rings (SSSR count). The Morgan fingerprint density at radius 1 is 0.632 bits per heavy atom. The van der Waals surface area contributed by atoms with E-state index in [1.54, 1.807) is 21.3 Å². The topological polar surface area (TPSA) is 27.7 Å². The van der Waals surface area contributed by atoms with Crippen LogP contribution in [0.15, 0.2) is 0 Å². The quantitative estimate of drug-likeness (QED) is 0.345. The summed E-state index contributed by atoms with van der Waals surface area (Å²) in [5.74, 6) is 0. The van der Waals surface area contributed by atoms with Crippen LogP contribution >= 0.6 is 0 Å². The van der Waals surface area contributed by atoms with Crippen LogP contribution in [0.25, 0.3) is 0 Å². The lowest BCUT2D eigenvalue weighted by molar-refractivity contribution is 0.122. The predicted molar refractivity (Wildman–Crippen MR) is 83.1 cm³/mol. The van der Waals surface area contributed by atoms with Crippen LogP contribution in [0, 0.1) is 6.92 Å². The maximum atomic E-state index is 5.41. The molecule has 0 saturated heterocycles. The third-order valence-corrected chi connectivity index (χ3v) is 6.50. The maximum absolute atomic E-state index is 5.41. The van der Waals surface area contributed by atoms with Crippen LogP contribution in [0.5, 0.6) is 0 Å². The molecule has 19 heavy (non-hydrogen) atoms. The zero-order valence-corrected chi connectivity index (χ0v) is 14.2. The SMILES string of the molecule is [CH2]CCCCCCCCCCC[Si](OC)(OC)OC. The number of hydrogen-bond donors (Lipinski definition) is 0. The van der Waals surface area contributed by atoms with Gasteiger partial charge < -0.3 is 13.3 Å². The lowest BCUT2D eigenvalue weighted by Crippen LogP contribution is -2.42. The van der Waals surface area contributed by atoms with Gasteiger partial charge in [-0.25, -0.2) is 0 Å². The highest BCUT2D eigenvalue weighted by Gasteiger charge is 2.36. The van der Waals surface area contributed by atoms with Crippen LogP contribution in [0.2, 0.25) is 6.04 Å². The first-order valence-electron chi connectivity index (χ1n) is 7.69. The molecule has 0 N–H and O–H groups in total. The van der Waals surface area contributed by atoms with Crippen LogP contribution < -0.4 is 0 Å². The van der Waals surface area contributed by atoms with Crippen molar-refractivity contribution in [2.75, 3.05) is 21.3 Å². The van der Waals surface area contributed by atoms with Gasteiger partial charge >= 0.3 is 8.80 Å². The van der Waals surface area contributed by atoms with E-state index >= 15 is 0 Å². The third-order valence-electron chi connectivity index (χ3n) is 3.67. The summed E-state index contributed by atoms with van der Waals surface area (Å²) in [6.07, 6.45) is 12.9. The van der Waals surface area contributed by atoms with Gasteiger partial charge in [0.05, 0.1) is 0 Å². The number of rotatable bonds is 14. The van der Waals surface area contributed by atoms with Gasteiger partial charge in [-0.2, -0.15) is 0 Å². The van der Waals surface area contributed by atoms with E-state index in [0.717, 1.165) is 18.9 Å². The van der Waals surface area contributed by atoms with Crippen molar-refractivity contribution in [3.05, 3.63) is 6.92 Å². The highest BCUT2D eigenvalue weighted by molar-refractivity contribution is 6.60. The second-order valence-corrected chi connectivity index (χ2v) is 8.17. The molecule has 0 amide bonds. The van der Waals surface area contributed by atoms with E-state index in [0.29, 0.717) is 0 Å². The molecule has 4 heteroatoms. The van der Waals surface area contributed by atoms with Crippen LogP contribution in [-0.4, -0.2) is 30.1 Å². The summed E-state index contributed by atoms with van der Waals surface area (Å²) >= 11 is 0. The first kappa shape index (κ1) is 19.1. The van der Waals surface area contributed by atoms with Crippen LogP contribution in [0.3, 0.4) is 0 Å². The molecule has 1 radical (unpaired) electrons. The highest BCUT2D eigenvalue weighted by atomic mass is 28.4. The Labute approximate surface area is 121 Å². The zero-order chi connectivity index (χ0) is 14.4. The van der Waals surface area contributed by atoms with E-state index in [4.69, 9.17) is 13.3 Å². The fourth-order valence-corrected chi connectivity index (χ4v) is 4.11. The molecule has 0 bridgehead atoms. The second kappa shape index (κ2) is 13.1. The molecule has 0 aromatic heterocycles. The van der Waals surface area contributed by atoms with Gasteiger partial charge in [0.1, 0.15) is 0 Å². The maximum Gasteiger partial charge on any atom is 0.500 e. The Hall–Kier alpha value is 0.0969. The Kier molecular flexibility index (Phi) is 13.2. The average Bonchev–Trinajstić information content (AvgIpc) is 2.46. The fourth-order valence-electron chi connectivity index (χ4n) is 2.31. The summed E-state index contributed by atoms with van der Waals surface area (Å²) in [4.78, 5) is 0. The van der Waals surface area contributed by atoms with Gasteiger partial charge in [0.2, 0.25) is 0 Å². The Balaban J connectivity index is 3.35. The smallest absolute Gasteiger partial charge is 0.377 e. The van der Waals surface area contributed by atoms with Crippen LogP contribution in [0.1, 0.15) is 64.2 Å².